The highest BCUT2D eigenvalue weighted by molar-refractivity contribution is 7.84. The maximum atomic E-state index is 12.7. The van der Waals surface area contributed by atoms with E-state index >= 15 is 0 Å². The second-order valence-corrected chi connectivity index (χ2v) is 8.75. The van der Waals surface area contributed by atoms with Gasteiger partial charge >= 0.3 is 5.97 Å². The number of methoxy groups -OCH3 is 1. The minimum absolute atomic E-state index is 0.162. The Morgan fingerprint density at radius 2 is 1.83 bits per heavy atom. The van der Waals surface area contributed by atoms with Crippen molar-refractivity contribution in [2.75, 3.05) is 7.11 Å². The molecule has 1 rings (SSSR count). The number of unbranched alkanes of at least 4 members (excludes halogenated alkanes) is 1. The van der Waals surface area contributed by atoms with Crippen LogP contribution < -0.4 is 4.72 Å². The lowest BCUT2D eigenvalue weighted by molar-refractivity contribution is -0.142. The molecule has 0 saturated carbocycles. The number of hydrogen-bond donors (Lipinski definition) is 1. The van der Waals surface area contributed by atoms with Crippen molar-refractivity contribution in [1.82, 2.24) is 4.72 Å². The van der Waals surface area contributed by atoms with Crippen LogP contribution in [0.5, 0.6) is 0 Å². The third-order valence-electron chi connectivity index (χ3n) is 3.80. The molecule has 0 saturated heterocycles. The molecule has 0 radical (unpaired) electrons. The van der Waals surface area contributed by atoms with Crippen molar-refractivity contribution >= 4 is 17.0 Å². The molecule has 5 heteroatoms. The lowest BCUT2D eigenvalue weighted by Crippen LogP contribution is -2.49. The molecule has 0 aliphatic heterocycles. The summed E-state index contributed by atoms with van der Waals surface area (Å²) in [4.78, 5) is 12.0. The van der Waals surface area contributed by atoms with Gasteiger partial charge in [-0.1, -0.05) is 50.1 Å². The molecule has 1 aromatic rings. The van der Waals surface area contributed by atoms with Gasteiger partial charge in [-0.3, -0.25) is 4.79 Å². The third kappa shape index (κ3) is 5.74. The second kappa shape index (κ2) is 8.60. The van der Waals surface area contributed by atoms with Gasteiger partial charge in [-0.05, 0) is 32.8 Å². The minimum atomic E-state index is -1.29. The van der Waals surface area contributed by atoms with Gasteiger partial charge in [0.25, 0.3) is 0 Å². The van der Waals surface area contributed by atoms with E-state index in [0.29, 0.717) is 0 Å². The molecule has 0 aliphatic rings. The van der Waals surface area contributed by atoms with E-state index in [2.05, 4.69) is 11.6 Å². The van der Waals surface area contributed by atoms with Crippen LogP contribution in [0.2, 0.25) is 0 Å². The first kappa shape index (κ1) is 19.8. The first-order valence-electron chi connectivity index (χ1n) is 8.07. The van der Waals surface area contributed by atoms with Gasteiger partial charge in [0.2, 0.25) is 0 Å². The molecular formula is C18H29NO3S. The summed E-state index contributed by atoms with van der Waals surface area (Å²) in [6.45, 7) is 7.87. The average molecular weight is 340 g/mol. The Bertz CT molecular complexity index is 525. The minimum Gasteiger partial charge on any atom is -0.469 e. The summed E-state index contributed by atoms with van der Waals surface area (Å²) < 4.78 is 20.5. The van der Waals surface area contributed by atoms with Crippen LogP contribution in [0.3, 0.4) is 0 Å². The number of esters is 1. The van der Waals surface area contributed by atoms with E-state index < -0.39 is 21.3 Å². The van der Waals surface area contributed by atoms with Crippen LogP contribution in [0.15, 0.2) is 30.3 Å². The summed E-state index contributed by atoms with van der Waals surface area (Å²) in [5, 5.41) is 0. The van der Waals surface area contributed by atoms with E-state index in [-0.39, 0.29) is 12.4 Å². The zero-order valence-corrected chi connectivity index (χ0v) is 15.7. The van der Waals surface area contributed by atoms with Crippen LogP contribution in [0.25, 0.3) is 0 Å². The van der Waals surface area contributed by atoms with E-state index in [9.17, 15) is 9.00 Å². The molecule has 0 aromatic heterocycles. The second-order valence-electron chi connectivity index (χ2n) is 6.79. The number of hydrogen-bond acceptors (Lipinski definition) is 3. The Hall–Kier alpha value is -1.20. The summed E-state index contributed by atoms with van der Waals surface area (Å²) in [5.74, 6) is -0.302. The molecule has 0 fully saturated rings. The maximum absolute atomic E-state index is 12.7. The molecule has 0 amide bonds. The van der Waals surface area contributed by atoms with Crippen LogP contribution in [-0.2, 0) is 26.1 Å². The molecule has 1 N–H and O–H groups in total. The Morgan fingerprint density at radius 1 is 1.22 bits per heavy atom. The molecule has 2 atom stereocenters. The third-order valence-corrected chi connectivity index (χ3v) is 5.49. The zero-order chi connectivity index (χ0) is 17.5. The fourth-order valence-corrected chi connectivity index (χ4v) is 3.32. The van der Waals surface area contributed by atoms with Crippen molar-refractivity contribution in [3.63, 3.8) is 0 Å². The fraction of sp³-hybridized carbons (Fsp3) is 0.611. The highest BCUT2D eigenvalue weighted by Gasteiger charge is 2.38. The number of rotatable bonds is 8. The average Bonchev–Trinajstić information content (AvgIpc) is 2.52. The predicted octanol–water partition coefficient (Wildman–Crippen LogP) is 3.69. The van der Waals surface area contributed by atoms with Crippen LogP contribution in [0.1, 0.15) is 58.9 Å². The standard InChI is InChI=1S/C18H29NO3S/c1-6-7-13-18(14-16(20)22-5,15-11-9-8-10-12-15)19-23(21)17(2,3)4/h8-12,19H,6-7,13-14H2,1-5H3/t18?,23-/m1/s1. The first-order valence-corrected chi connectivity index (χ1v) is 9.22. The number of ether oxygens (including phenoxy) is 1. The molecule has 1 unspecified atom stereocenters. The van der Waals surface area contributed by atoms with Gasteiger partial charge in [0.1, 0.15) is 0 Å². The van der Waals surface area contributed by atoms with Crippen LogP contribution >= 0.6 is 0 Å². The lowest BCUT2D eigenvalue weighted by atomic mass is 9.83. The highest BCUT2D eigenvalue weighted by Crippen LogP contribution is 2.33. The molecule has 4 nitrogen and oxygen atoms in total. The van der Waals surface area contributed by atoms with E-state index in [1.807, 2.05) is 51.1 Å². The number of carbonyl (C=O) groups excluding carboxylic acids is 1. The Labute approximate surface area is 142 Å². The van der Waals surface area contributed by atoms with E-state index in [1.165, 1.54) is 7.11 Å². The topological polar surface area (TPSA) is 55.4 Å². The van der Waals surface area contributed by atoms with Gasteiger partial charge in [0.15, 0.2) is 0 Å². The monoisotopic (exact) mass is 339 g/mol. The van der Waals surface area contributed by atoms with Crippen molar-refractivity contribution in [2.45, 2.75) is 63.7 Å². The van der Waals surface area contributed by atoms with E-state index in [1.54, 1.807) is 0 Å². The van der Waals surface area contributed by atoms with Crippen LogP contribution in [0.4, 0.5) is 0 Å². The maximum Gasteiger partial charge on any atom is 0.307 e. The number of carbonyl (C=O) groups is 1. The fourth-order valence-electron chi connectivity index (χ4n) is 2.37. The van der Waals surface area contributed by atoms with Crippen molar-refractivity contribution in [3.8, 4) is 0 Å². The molecule has 23 heavy (non-hydrogen) atoms. The van der Waals surface area contributed by atoms with Gasteiger partial charge < -0.3 is 4.74 Å². The van der Waals surface area contributed by atoms with Gasteiger partial charge in [-0.25, -0.2) is 8.93 Å². The molecule has 0 heterocycles. The zero-order valence-electron chi connectivity index (χ0n) is 14.8. The van der Waals surface area contributed by atoms with E-state index in [4.69, 9.17) is 4.74 Å². The Balaban J connectivity index is 3.27. The molecule has 0 spiro atoms. The summed E-state index contributed by atoms with van der Waals surface area (Å²) in [6.07, 6.45) is 2.82. The molecule has 0 bridgehead atoms. The highest BCUT2D eigenvalue weighted by atomic mass is 32.2. The molecular weight excluding hydrogens is 310 g/mol. The summed E-state index contributed by atoms with van der Waals surface area (Å²) in [7, 11) is 0.101. The smallest absolute Gasteiger partial charge is 0.307 e. The normalized spacial score (nSPS) is 15.7. The number of benzene rings is 1. The van der Waals surface area contributed by atoms with Crippen molar-refractivity contribution in [2.24, 2.45) is 0 Å². The van der Waals surface area contributed by atoms with Gasteiger partial charge in [0, 0.05) is 0 Å². The predicted molar refractivity (Wildman–Crippen MR) is 95.3 cm³/mol. The largest absolute Gasteiger partial charge is 0.469 e. The quantitative estimate of drug-likeness (QED) is 0.735. The summed E-state index contributed by atoms with van der Waals surface area (Å²) in [6, 6.07) is 9.77. The summed E-state index contributed by atoms with van der Waals surface area (Å²) in [5.41, 5.74) is 0.291. The Kier molecular flexibility index (Phi) is 7.42. The SMILES string of the molecule is CCCCC(CC(=O)OC)(N[S@](=O)C(C)(C)C)c1ccccc1. The van der Waals surface area contributed by atoms with E-state index in [0.717, 1.165) is 24.8 Å². The molecule has 1 aromatic carbocycles. The van der Waals surface area contributed by atoms with Crippen LogP contribution in [-0.4, -0.2) is 22.0 Å². The van der Waals surface area contributed by atoms with Crippen molar-refractivity contribution < 1.29 is 13.7 Å². The van der Waals surface area contributed by atoms with Crippen LogP contribution in [0, 0.1) is 0 Å². The van der Waals surface area contributed by atoms with Gasteiger partial charge in [-0.2, -0.15) is 0 Å². The first-order chi connectivity index (χ1) is 10.7. The summed E-state index contributed by atoms with van der Waals surface area (Å²) >= 11 is 0. The van der Waals surface area contributed by atoms with Crippen molar-refractivity contribution in [1.29, 1.82) is 0 Å². The van der Waals surface area contributed by atoms with Crippen molar-refractivity contribution in [3.05, 3.63) is 35.9 Å². The number of nitrogens with one attached hydrogen (secondary N) is 1. The molecule has 0 aliphatic carbocycles. The molecule has 130 valence electrons. The van der Waals surface area contributed by atoms with Gasteiger partial charge in [-0.15, -0.1) is 0 Å². The Morgan fingerprint density at radius 3 is 2.30 bits per heavy atom. The van der Waals surface area contributed by atoms with Gasteiger partial charge in [0.05, 0.1) is 34.8 Å². The lowest BCUT2D eigenvalue weighted by Gasteiger charge is -2.36.